The van der Waals surface area contributed by atoms with Gasteiger partial charge in [0.05, 0.1) is 11.3 Å². The Labute approximate surface area is 216 Å². The molecular weight excluding hydrogens is 475 g/mol. The summed E-state index contributed by atoms with van der Waals surface area (Å²) in [5, 5.41) is 1.91. The highest BCUT2D eigenvalue weighted by Crippen LogP contribution is 2.27. The number of carbonyl (C=O) groups excluding carboxylic acids is 2. The van der Waals surface area contributed by atoms with Gasteiger partial charge in [0.15, 0.2) is 0 Å². The number of anilines is 1. The molecule has 0 bridgehead atoms. The van der Waals surface area contributed by atoms with Gasteiger partial charge < -0.3 is 9.80 Å². The van der Waals surface area contributed by atoms with Gasteiger partial charge in [0.2, 0.25) is 0 Å². The van der Waals surface area contributed by atoms with Gasteiger partial charge in [-0.05, 0) is 62.6 Å². The molecule has 0 saturated carbocycles. The van der Waals surface area contributed by atoms with Crippen molar-refractivity contribution in [2.45, 2.75) is 46.2 Å². The number of nitrogens with zero attached hydrogens (tertiary/aromatic N) is 4. The van der Waals surface area contributed by atoms with Crippen molar-refractivity contribution in [3.63, 3.8) is 0 Å². The van der Waals surface area contributed by atoms with Gasteiger partial charge >= 0.3 is 0 Å². The SMILES string of the molecule is CCc1cc(C(=O)N2CCN(C(C)C)CCCN(C(=O)c3ccccn3)c3cc(F)ccc3C2)cs1. The first kappa shape index (κ1) is 26.0. The summed E-state index contributed by atoms with van der Waals surface area (Å²) in [6.07, 6.45) is 3.18. The molecule has 1 aromatic carbocycles. The molecular formula is C28H33FN4O2S. The average molecular weight is 509 g/mol. The molecule has 3 aromatic rings. The summed E-state index contributed by atoms with van der Waals surface area (Å²) in [5.74, 6) is -0.748. The van der Waals surface area contributed by atoms with E-state index in [0.717, 1.165) is 30.0 Å². The Morgan fingerprint density at radius 2 is 1.89 bits per heavy atom. The summed E-state index contributed by atoms with van der Waals surface area (Å²) in [6, 6.07) is 11.9. The lowest BCUT2D eigenvalue weighted by atomic mass is 10.1. The summed E-state index contributed by atoms with van der Waals surface area (Å²) in [4.78, 5) is 38.3. The lowest BCUT2D eigenvalue weighted by Crippen LogP contribution is -2.41. The lowest BCUT2D eigenvalue weighted by Gasteiger charge is -2.30. The van der Waals surface area contributed by atoms with Crippen molar-refractivity contribution in [3.05, 3.63) is 81.6 Å². The predicted molar refractivity (Wildman–Crippen MR) is 142 cm³/mol. The van der Waals surface area contributed by atoms with Crippen LogP contribution >= 0.6 is 11.3 Å². The highest BCUT2D eigenvalue weighted by Gasteiger charge is 2.26. The molecule has 1 aliphatic rings. The smallest absolute Gasteiger partial charge is 0.276 e. The maximum atomic E-state index is 14.5. The Morgan fingerprint density at radius 3 is 2.58 bits per heavy atom. The van der Waals surface area contributed by atoms with Crippen molar-refractivity contribution < 1.29 is 14.0 Å². The second-order valence-electron chi connectivity index (χ2n) is 9.31. The number of fused-ring (bicyclic) bond motifs is 1. The van der Waals surface area contributed by atoms with Crippen LogP contribution in [0.5, 0.6) is 0 Å². The number of pyridine rings is 1. The van der Waals surface area contributed by atoms with Gasteiger partial charge in [0.25, 0.3) is 11.8 Å². The van der Waals surface area contributed by atoms with E-state index in [1.54, 1.807) is 46.7 Å². The van der Waals surface area contributed by atoms with Crippen molar-refractivity contribution in [2.75, 3.05) is 31.1 Å². The van der Waals surface area contributed by atoms with E-state index in [1.807, 2.05) is 16.3 Å². The Hall–Kier alpha value is -3.10. The van der Waals surface area contributed by atoms with Crippen LogP contribution in [0.3, 0.4) is 0 Å². The van der Waals surface area contributed by atoms with Crippen molar-refractivity contribution in [1.82, 2.24) is 14.8 Å². The van der Waals surface area contributed by atoms with Crippen LogP contribution in [-0.2, 0) is 13.0 Å². The number of benzene rings is 1. The van der Waals surface area contributed by atoms with Gasteiger partial charge in [0.1, 0.15) is 11.5 Å². The summed E-state index contributed by atoms with van der Waals surface area (Å²) in [7, 11) is 0. The quantitative estimate of drug-likeness (QED) is 0.483. The third kappa shape index (κ3) is 5.99. The molecule has 1 aliphatic heterocycles. The van der Waals surface area contributed by atoms with E-state index >= 15 is 0 Å². The van der Waals surface area contributed by atoms with Crippen LogP contribution in [0.1, 0.15) is 58.5 Å². The van der Waals surface area contributed by atoms with Crippen molar-refractivity contribution in [1.29, 1.82) is 0 Å². The Balaban J connectivity index is 1.75. The molecule has 0 N–H and O–H groups in total. The molecule has 6 nitrogen and oxygen atoms in total. The number of thiophene rings is 1. The van der Waals surface area contributed by atoms with E-state index in [-0.39, 0.29) is 24.4 Å². The molecule has 0 saturated heterocycles. The van der Waals surface area contributed by atoms with Gasteiger partial charge in [-0.3, -0.25) is 19.5 Å². The van der Waals surface area contributed by atoms with Gasteiger partial charge in [-0.25, -0.2) is 4.39 Å². The summed E-state index contributed by atoms with van der Waals surface area (Å²) in [5.41, 5.74) is 2.20. The Morgan fingerprint density at radius 1 is 1.06 bits per heavy atom. The minimum atomic E-state index is -0.422. The molecule has 0 fully saturated rings. The second kappa shape index (κ2) is 11.8. The molecule has 0 spiro atoms. The number of aromatic nitrogens is 1. The van der Waals surface area contributed by atoms with Crippen LogP contribution in [0.2, 0.25) is 0 Å². The van der Waals surface area contributed by atoms with E-state index < -0.39 is 5.82 Å². The predicted octanol–water partition coefficient (Wildman–Crippen LogP) is 5.25. The Bertz CT molecular complexity index is 1200. The normalized spacial score (nSPS) is 15.5. The largest absolute Gasteiger partial charge is 0.333 e. The number of hydrogen-bond acceptors (Lipinski definition) is 5. The van der Waals surface area contributed by atoms with E-state index in [9.17, 15) is 14.0 Å². The van der Waals surface area contributed by atoms with Crippen LogP contribution in [0.15, 0.2) is 54.0 Å². The number of rotatable bonds is 4. The second-order valence-corrected chi connectivity index (χ2v) is 10.3. The van der Waals surface area contributed by atoms with Gasteiger partial charge in [-0.15, -0.1) is 11.3 Å². The molecule has 8 heteroatoms. The van der Waals surface area contributed by atoms with Crippen molar-refractivity contribution in [3.8, 4) is 0 Å². The zero-order valence-electron chi connectivity index (χ0n) is 21.1. The minimum Gasteiger partial charge on any atom is -0.333 e. The first-order chi connectivity index (χ1) is 17.4. The molecule has 3 heterocycles. The molecule has 190 valence electrons. The fourth-order valence-corrected chi connectivity index (χ4v) is 5.32. The first-order valence-corrected chi connectivity index (χ1v) is 13.4. The molecule has 0 radical (unpaired) electrons. The number of amides is 2. The van der Waals surface area contributed by atoms with Crippen molar-refractivity contribution in [2.24, 2.45) is 0 Å². The van der Waals surface area contributed by atoms with Crippen LogP contribution in [0.4, 0.5) is 10.1 Å². The molecule has 0 unspecified atom stereocenters. The fourth-order valence-electron chi connectivity index (χ4n) is 4.51. The third-order valence-corrected chi connectivity index (χ3v) is 7.66. The minimum absolute atomic E-state index is 0.0493. The zero-order chi connectivity index (χ0) is 25.7. The molecule has 0 atom stereocenters. The standard InChI is InChI=1S/C28H33FN4O2S/c1-4-24-16-22(19-36-24)27(34)32-15-14-31(20(2)3)12-7-13-33(28(35)25-8-5-6-11-30-25)26-17-23(29)10-9-21(26)18-32/h5-6,8-11,16-17,19-20H,4,7,12-15,18H2,1-3H3. The Kier molecular flexibility index (Phi) is 8.48. The summed E-state index contributed by atoms with van der Waals surface area (Å²) >= 11 is 1.59. The third-order valence-electron chi connectivity index (χ3n) is 6.58. The van der Waals surface area contributed by atoms with Crippen LogP contribution in [-0.4, -0.2) is 58.8 Å². The van der Waals surface area contributed by atoms with E-state index in [4.69, 9.17) is 0 Å². The number of hydrogen-bond donors (Lipinski definition) is 0. The van der Waals surface area contributed by atoms with E-state index in [2.05, 4.69) is 30.7 Å². The first-order valence-electron chi connectivity index (χ1n) is 12.5. The number of aryl methyl sites for hydroxylation is 1. The number of carbonyl (C=O) groups is 2. The fraction of sp³-hybridized carbons (Fsp3) is 0.393. The topological polar surface area (TPSA) is 56.8 Å². The van der Waals surface area contributed by atoms with Crippen LogP contribution in [0, 0.1) is 5.82 Å². The van der Waals surface area contributed by atoms with Gasteiger partial charge in [0, 0.05) is 55.2 Å². The maximum absolute atomic E-state index is 14.5. The summed E-state index contributed by atoms with van der Waals surface area (Å²) < 4.78 is 14.5. The average Bonchev–Trinajstić information content (AvgIpc) is 3.36. The van der Waals surface area contributed by atoms with E-state index in [1.165, 1.54) is 12.1 Å². The molecule has 4 rings (SSSR count). The number of halogens is 1. The maximum Gasteiger partial charge on any atom is 0.276 e. The van der Waals surface area contributed by atoms with Gasteiger partial charge in [-0.1, -0.05) is 19.1 Å². The lowest BCUT2D eigenvalue weighted by molar-refractivity contribution is 0.0712. The zero-order valence-corrected chi connectivity index (χ0v) is 21.9. The monoisotopic (exact) mass is 508 g/mol. The van der Waals surface area contributed by atoms with Crippen molar-refractivity contribution >= 4 is 28.8 Å². The van der Waals surface area contributed by atoms with Crippen LogP contribution in [0.25, 0.3) is 0 Å². The molecule has 0 aliphatic carbocycles. The van der Waals surface area contributed by atoms with Gasteiger partial charge in [-0.2, -0.15) is 0 Å². The van der Waals surface area contributed by atoms with Crippen LogP contribution < -0.4 is 4.90 Å². The van der Waals surface area contributed by atoms with E-state index in [0.29, 0.717) is 36.5 Å². The summed E-state index contributed by atoms with van der Waals surface area (Å²) in [6.45, 7) is 9.08. The highest BCUT2D eigenvalue weighted by molar-refractivity contribution is 7.10. The molecule has 2 aromatic heterocycles. The molecule has 2 amide bonds. The molecule has 36 heavy (non-hydrogen) atoms. The highest BCUT2D eigenvalue weighted by atomic mass is 32.1.